The van der Waals surface area contributed by atoms with Gasteiger partial charge < -0.3 is 24.8 Å². The Morgan fingerprint density at radius 3 is 2.46 bits per heavy atom. The van der Waals surface area contributed by atoms with Crippen LogP contribution in [0.5, 0.6) is 5.75 Å². The van der Waals surface area contributed by atoms with Crippen molar-refractivity contribution in [1.29, 1.82) is 0 Å². The average Bonchev–Trinajstić information content (AvgIpc) is 3.40. The Bertz CT molecular complexity index is 2010. The molecule has 246 valence electrons. The van der Waals surface area contributed by atoms with Gasteiger partial charge in [0.2, 0.25) is 0 Å². The van der Waals surface area contributed by atoms with E-state index in [1.165, 1.54) is 11.3 Å². The lowest BCUT2D eigenvalue weighted by atomic mass is 9.98. The van der Waals surface area contributed by atoms with Crippen molar-refractivity contribution in [2.75, 3.05) is 31.3 Å². The zero-order valence-electron chi connectivity index (χ0n) is 28.3. The van der Waals surface area contributed by atoms with Crippen LogP contribution in [0.2, 0.25) is 5.02 Å². The first-order chi connectivity index (χ1) is 23.1. The van der Waals surface area contributed by atoms with Crippen molar-refractivity contribution in [2.24, 2.45) is 7.05 Å². The normalized spacial score (nSPS) is 12.8. The maximum absolute atomic E-state index is 7.08. The summed E-state index contributed by atoms with van der Waals surface area (Å²) in [5.41, 5.74) is 12.4. The summed E-state index contributed by atoms with van der Waals surface area (Å²) in [5, 5.41) is 7.54. The van der Waals surface area contributed by atoms with E-state index >= 15 is 0 Å². The Morgan fingerprint density at radius 2 is 1.69 bits per heavy atom. The van der Waals surface area contributed by atoms with Crippen molar-refractivity contribution >= 4 is 34.4 Å². The Labute approximate surface area is 288 Å². The van der Waals surface area contributed by atoms with Crippen LogP contribution in [0.1, 0.15) is 45.3 Å². The van der Waals surface area contributed by atoms with Gasteiger partial charge in [-0.05, 0) is 74.7 Å². The van der Waals surface area contributed by atoms with Gasteiger partial charge in [-0.25, -0.2) is 4.98 Å². The Balaban J connectivity index is 1.19. The largest absolute Gasteiger partial charge is 0.496 e. The fourth-order valence-corrected chi connectivity index (χ4v) is 6.60. The van der Waals surface area contributed by atoms with Crippen LogP contribution in [0.25, 0.3) is 22.5 Å². The van der Waals surface area contributed by atoms with Gasteiger partial charge in [-0.2, -0.15) is 0 Å². The van der Waals surface area contributed by atoms with Gasteiger partial charge >= 0.3 is 0 Å². The number of halogens is 1. The van der Waals surface area contributed by atoms with E-state index in [1.54, 1.807) is 7.11 Å². The molecule has 0 unspecified atom stereocenters. The molecule has 2 N–H and O–H groups in total. The minimum atomic E-state index is 0.611. The van der Waals surface area contributed by atoms with E-state index in [9.17, 15) is 0 Å². The van der Waals surface area contributed by atoms with E-state index in [1.807, 2.05) is 61.8 Å². The third-order valence-electron chi connectivity index (χ3n) is 9.03. The van der Waals surface area contributed by atoms with E-state index in [0.717, 1.165) is 88.9 Å². The van der Waals surface area contributed by atoms with Gasteiger partial charge in [0, 0.05) is 73.2 Å². The quantitative estimate of drug-likeness (QED) is 0.148. The molecule has 0 spiro atoms. The van der Waals surface area contributed by atoms with Crippen molar-refractivity contribution < 1.29 is 4.74 Å². The van der Waals surface area contributed by atoms with Crippen LogP contribution >= 0.6 is 11.6 Å². The number of imidazole rings is 1. The minimum Gasteiger partial charge on any atom is -0.496 e. The minimum absolute atomic E-state index is 0.611. The summed E-state index contributed by atoms with van der Waals surface area (Å²) in [6.07, 6.45) is 6.38. The van der Waals surface area contributed by atoms with Gasteiger partial charge in [0.1, 0.15) is 5.75 Å². The summed E-state index contributed by atoms with van der Waals surface area (Å²) in [6.45, 7) is 14.6. The summed E-state index contributed by atoms with van der Waals surface area (Å²) in [7, 11) is 5.86. The maximum atomic E-state index is 7.08. The molecule has 0 saturated heterocycles. The summed E-state index contributed by atoms with van der Waals surface area (Å²) >= 11 is 7.08. The molecule has 1 aliphatic heterocycles. The second-order valence-corrected chi connectivity index (χ2v) is 12.8. The number of pyridine rings is 2. The molecule has 4 heterocycles. The molecular weight excluding hydrogens is 618 g/mol. The predicted molar refractivity (Wildman–Crippen MR) is 197 cm³/mol. The molecule has 8 nitrogen and oxygen atoms in total. The first-order valence-electron chi connectivity index (χ1n) is 16.1. The number of nitrogens with one attached hydrogen (secondary N) is 2. The van der Waals surface area contributed by atoms with Crippen LogP contribution in [-0.4, -0.2) is 45.1 Å². The lowest BCUT2D eigenvalue weighted by molar-refractivity contribution is 0.305. The van der Waals surface area contributed by atoms with Crippen LogP contribution in [0.4, 0.5) is 11.4 Å². The van der Waals surface area contributed by atoms with E-state index in [-0.39, 0.29) is 0 Å². The summed E-state index contributed by atoms with van der Waals surface area (Å²) in [4.78, 5) is 16.2. The molecule has 2 aromatic carbocycles. The highest BCUT2D eigenvalue weighted by Gasteiger charge is 2.22. The molecule has 3 aromatic heterocycles. The molecule has 6 rings (SSSR count). The van der Waals surface area contributed by atoms with E-state index in [0.29, 0.717) is 22.1 Å². The van der Waals surface area contributed by atoms with Crippen molar-refractivity contribution in [1.82, 2.24) is 24.4 Å². The number of fused-ring (bicyclic) bond motifs is 1. The molecule has 0 saturated carbocycles. The molecule has 1 aliphatic rings. The molecule has 0 bridgehead atoms. The van der Waals surface area contributed by atoms with Crippen LogP contribution in [-0.2, 0) is 32.9 Å². The third-order valence-corrected chi connectivity index (χ3v) is 9.43. The number of hydrogen-bond acceptors (Lipinski definition) is 7. The van der Waals surface area contributed by atoms with Crippen LogP contribution in [0, 0.1) is 13.8 Å². The van der Waals surface area contributed by atoms with Crippen LogP contribution in [0.3, 0.4) is 0 Å². The monoisotopic (exact) mass is 659 g/mol. The third kappa shape index (κ3) is 6.86. The Hall–Kier alpha value is -4.92. The fourth-order valence-electron chi connectivity index (χ4n) is 6.32. The van der Waals surface area contributed by atoms with E-state index < -0.39 is 0 Å². The van der Waals surface area contributed by atoms with Gasteiger partial charge in [-0.1, -0.05) is 49.0 Å². The molecule has 0 radical (unpaired) electrons. The molecule has 0 atom stereocenters. The van der Waals surface area contributed by atoms with E-state index in [4.69, 9.17) is 26.3 Å². The molecule has 0 fully saturated rings. The van der Waals surface area contributed by atoms with Gasteiger partial charge in [-0.3, -0.25) is 9.97 Å². The number of benzene rings is 2. The highest BCUT2D eigenvalue weighted by atomic mass is 35.5. The van der Waals surface area contributed by atoms with Gasteiger partial charge in [0.05, 0.1) is 40.6 Å². The van der Waals surface area contributed by atoms with Crippen molar-refractivity contribution in [3.05, 3.63) is 130 Å². The number of anilines is 2. The lowest BCUT2D eigenvalue weighted by Gasteiger charge is -2.21. The van der Waals surface area contributed by atoms with Crippen LogP contribution < -0.4 is 15.4 Å². The molecule has 9 heteroatoms. The summed E-state index contributed by atoms with van der Waals surface area (Å²) in [6, 6.07) is 18.2. The van der Waals surface area contributed by atoms with Gasteiger partial charge in [0.15, 0.2) is 5.82 Å². The maximum Gasteiger partial charge on any atom is 0.156 e. The highest BCUT2D eigenvalue weighted by Crippen LogP contribution is 2.39. The predicted octanol–water partition coefficient (Wildman–Crippen LogP) is 8.09. The molecule has 0 amide bonds. The second-order valence-electron chi connectivity index (χ2n) is 12.4. The number of rotatable bonds is 11. The second kappa shape index (κ2) is 14.1. The van der Waals surface area contributed by atoms with Gasteiger partial charge in [-0.15, -0.1) is 0 Å². The number of aryl methyl sites for hydroxylation is 3. The zero-order valence-corrected chi connectivity index (χ0v) is 29.1. The Morgan fingerprint density at radius 1 is 0.938 bits per heavy atom. The number of likely N-dealkylation sites (N-methyl/N-ethyl adjacent to an activating group) is 1. The first kappa shape index (κ1) is 33.0. The molecule has 48 heavy (non-hydrogen) atoms. The van der Waals surface area contributed by atoms with E-state index in [2.05, 4.69) is 71.4 Å². The van der Waals surface area contributed by atoms with Crippen molar-refractivity contribution in [2.45, 2.75) is 39.7 Å². The van der Waals surface area contributed by atoms with Gasteiger partial charge in [0.25, 0.3) is 0 Å². The van der Waals surface area contributed by atoms with Crippen LogP contribution in [0.15, 0.2) is 80.1 Å². The highest BCUT2D eigenvalue weighted by molar-refractivity contribution is 6.36. The SMILES string of the molecule is C=C(Nc1cccc(-c2cccc(NC(=C)c3nc4c(n3C)CCN(C)C4)c2Cl)c1C)c1cc(OC)c(CCc2ccnc(C)c2)cn1. The topological polar surface area (TPSA) is 80.1 Å². The average molecular weight is 660 g/mol. The lowest BCUT2D eigenvalue weighted by Crippen LogP contribution is -2.27. The number of nitrogens with zero attached hydrogens (tertiary/aromatic N) is 5. The zero-order chi connectivity index (χ0) is 33.9. The summed E-state index contributed by atoms with van der Waals surface area (Å²) < 4.78 is 7.90. The number of methoxy groups -OCH3 is 1. The van der Waals surface area contributed by atoms with Crippen molar-refractivity contribution in [3.8, 4) is 16.9 Å². The number of aromatic nitrogens is 4. The fraction of sp³-hybridized carbons (Fsp3) is 0.256. The standard InChI is InChI=1S/C39H42ClN7O/c1-24-20-28(16-18-41-24)14-15-29-22-42-34(21-37(29)48-7)26(3)43-32-12-8-10-30(25(32)2)31-11-9-13-33(38(31)40)44-27(4)39-45-35-23-46(5)19-17-36(35)47(39)6/h8-13,16,18,20-22,43-44H,3-4,14-15,17,19,23H2,1-2,5-7H3. The molecule has 5 aromatic rings. The van der Waals surface area contributed by atoms with Crippen molar-refractivity contribution in [3.63, 3.8) is 0 Å². The number of ether oxygens (including phenoxy) is 1. The number of hydrogen-bond donors (Lipinski definition) is 2. The Kier molecular flexibility index (Phi) is 9.66. The molecule has 0 aliphatic carbocycles. The smallest absolute Gasteiger partial charge is 0.156 e. The first-order valence-corrected chi connectivity index (χ1v) is 16.5. The summed E-state index contributed by atoms with van der Waals surface area (Å²) in [5.74, 6) is 1.61. The molecular formula is C39H42ClN7O.